The molecule has 8 heteroatoms. The maximum absolute atomic E-state index is 12.9. The summed E-state index contributed by atoms with van der Waals surface area (Å²) in [5.41, 5.74) is -1.65. The van der Waals surface area contributed by atoms with Gasteiger partial charge in [-0.15, -0.1) is 0 Å². The Balaban J connectivity index is 3.20. The van der Waals surface area contributed by atoms with Gasteiger partial charge in [0.25, 0.3) is 0 Å². The first-order chi connectivity index (χ1) is 9.12. The second kappa shape index (κ2) is 6.07. The van der Waals surface area contributed by atoms with Crippen molar-refractivity contribution in [1.82, 2.24) is 4.72 Å². The highest BCUT2D eigenvalue weighted by Crippen LogP contribution is 2.24. The summed E-state index contributed by atoms with van der Waals surface area (Å²) in [7, 11) is -4.16. The number of carbonyl (C=O) groups is 1. The average Bonchev–Trinajstić information content (AvgIpc) is 2.27. The Bertz CT molecular complexity index is 620. The van der Waals surface area contributed by atoms with Gasteiger partial charge in [0.1, 0.15) is 16.3 Å². The van der Waals surface area contributed by atoms with Gasteiger partial charge < -0.3 is 5.11 Å². The minimum Gasteiger partial charge on any atom is -0.480 e. The van der Waals surface area contributed by atoms with Gasteiger partial charge in [-0.3, -0.25) is 4.79 Å². The molecule has 20 heavy (non-hydrogen) atoms. The lowest BCUT2D eigenvalue weighted by Crippen LogP contribution is -2.51. The summed E-state index contributed by atoms with van der Waals surface area (Å²) in [5, 5.41) is 8.86. The van der Waals surface area contributed by atoms with E-state index in [-0.39, 0.29) is 16.3 Å². The number of rotatable bonds is 6. The molecule has 0 fully saturated rings. The van der Waals surface area contributed by atoms with Crippen LogP contribution in [0.5, 0.6) is 0 Å². The van der Waals surface area contributed by atoms with Crippen LogP contribution in [0.2, 0.25) is 5.02 Å². The Hall–Kier alpha value is -1.18. The molecule has 112 valence electrons. The number of nitrogens with one attached hydrogen (secondary N) is 1. The van der Waals surface area contributed by atoms with Gasteiger partial charge in [0.05, 0.1) is 5.02 Å². The van der Waals surface area contributed by atoms with E-state index in [1.165, 1.54) is 6.92 Å². The van der Waals surface area contributed by atoms with E-state index in [0.29, 0.717) is 6.42 Å². The van der Waals surface area contributed by atoms with Crippen LogP contribution in [0.1, 0.15) is 26.7 Å². The maximum Gasteiger partial charge on any atom is 0.324 e. The first-order valence-corrected chi connectivity index (χ1v) is 7.71. The lowest BCUT2D eigenvalue weighted by molar-refractivity contribution is -0.143. The van der Waals surface area contributed by atoms with Gasteiger partial charge in [-0.1, -0.05) is 24.9 Å². The second-order valence-electron chi connectivity index (χ2n) is 4.57. The number of halogens is 2. The molecule has 2 N–H and O–H groups in total. The molecule has 0 aliphatic heterocycles. The molecule has 0 saturated heterocycles. The van der Waals surface area contributed by atoms with Gasteiger partial charge >= 0.3 is 5.97 Å². The number of aliphatic carboxylic acids is 1. The zero-order chi connectivity index (χ0) is 15.6. The van der Waals surface area contributed by atoms with E-state index in [2.05, 4.69) is 4.72 Å². The Morgan fingerprint density at radius 2 is 2.10 bits per heavy atom. The maximum atomic E-state index is 12.9. The number of carboxylic acids is 1. The van der Waals surface area contributed by atoms with Gasteiger partial charge in [0.15, 0.2) is 0 Å². The monoisotopic (exact) mass is 323 g/mol. The van der Waals surface area contributed by atoms with Crippen LogP contribution in [-0.4, -0.2) is 25.0 Å². The van der Waals surface area contributed by atoms with Crippen molar-refractivity contribution < 1.29 is 22.7 Å². The molecular weight excluding hydrogens is 309 g/mol. The Kier molecular flexibility index (Phi) is 5.12. The fourth-order valence-electron chi connectivity index (χ4n) is 1.75. The van der Waals surface area contributed by atoms with Crippen LogP contribution in [-0.2, 0) is 14.8 Å². The number of hydrogen-bond donors (Lipinski definition) is 2. The summed E-state index contributed by atoms with van der Waals surface area (Å²) in [4.78, 5) is 10.9. The summed E-state index contributed by atoms with van der Waals surface area (Å²) in [6.45, 7) is 3.01. The summed E-state index contributed by atoms with van der Waals surface area (Å²) >= 11 is 5.69. The van der Waals surface area contributed by atoms with Crippen molar-refractivity contribution in [3.05, 3.63) is 29.0 Å². The van der Waals surface area contributed by atoms with Gasteiger partial charge in [-0.05, 0) is 31.5 Å². The van der Waals surface area contributed by atoms with E-state index in [9.17, 15) is 17.6 Å². The molecule has 0 aliphatic carbocycles. The van der Waals surface area contributed by atoms with Crippen LogP contribution in [0.4, 0.5) is 4.39 Å². The lowest BCUT2D eigenvalue weighted by Gasteiger charge is -2.25. The quantitative estimate of drug-likeness (QED) is 0.842. The summed E-state index contributed by atoms with van der Waals surface area (Å²) in [6, 6.07) is 2.79. The molecular formula is C12H15ClFNO4S. The zero-order valence-corrected chi connectivity index (χ0v) is 12.6. The molecule has 1 unspecified atom stereocenters. The summed E-state index contributed by atoms with van der Waals surface area (Å²) in [6.07, 6.45) is 0.586. The van der Waals surface area contributed by atoms with E-state index >= 15 is 0 Å². The normalized spacial score (nSPS) is 14.8. The van der Waals surface area contributed by atoms with Crippen molar-refractivity contribution in [2.75, 3.05) is 0 Å². The molecule has 0 bridgehead atoms. The van der Waals surface area contributed by atoms with Crippen LogP contribution < -0.4 is 4.72 Å². The first kappa shape index (κ1) is 16.9. The van der Waals surface area contributed by atoms with Crippen molar-refractivity contribution in [2.24, 2.45) is 0 Å². The Morgan fingerprint density at radius 3 is 2.55 bits per heavy atom. The van der Waals surface area contributed by atoms with Gasteiger partial charge in [0.2, 0.25) is 10.0 Å². The van der Waals surface area contributed by atoms with E-state index in [4.69, 9.17) is 16.7 Å². The predicted octanol–water partition coefficient (Wildman–Crippen LogP) is 2.40. The van der Waals surface area contributed by atoms with Crippen molar-refractivity contribution in [2.45, 2.75) is 37.1 Å². The number of carboxylic acid groups (broad SMARTS) is 1. The van der Waals surface area contributed by atoms with Gasteiger partial charge in [-0.2, -0.15) is 4.72 Å². The molecule has 0 amide bonds. The van der Waals surface area contributed by atoms with Crippen molar-refractivity contribution in [3.63, 3.8) is 0 Å². The van der Waals surface area contributed by atoms with Crippen LogP contribution in [0.3, 0.4) is 0 Å². The zero-order valence-electron chi connectivity index (χ0n) is 11.0. The van der Waals surface area contributed by atoms with Crippen molar-refractivity contribution >= 4 is 27.6 Å². The molecule has 0 spiro atoms. The van der Waals surface area contributed by atoms with E-state index in [1.54, 1.807) is 6.92 Å². The third-order valence-electron chi connectivity index (χ3n) is 2.77. The molecule has 1 atom stereocenters. The van der Waals surface area contributed by atoms with Crippen LogP contribution >= 0.6 is 11.6 Å². The molecule has 1 aromatic rings. The molecule has 0 aliphatic rings. The van der Waals surface area contributed by atoms with E-state index in [1.807, 2.05) is 0 Å². The highest BCUT2D eigenvalue weighted by atomic mass is 35.5. The van der Waals surface area contributed by atoms with Crippen LogP contribution in [0, 0.1) is 5.82 Å². The molecule has 1 rings (SSSR count). The Labute approximate surface area is 121 Å². The smallest absolute Gasteiger partial charge is 0.324 e. The molecule has 1 aromatic carbocycles. The minimum atomic E-state index is -4.16. The van der Waals surface area contributed by atoms with Crippen molar-refractivity contribution in [1.29, 1.82) is 0 Å². The largest absolute Gasteiger partial charge is 0.480 e. The molecule has 0 aromatic heterocycles. The van der Waals surface area contributed by atoms with Crippen molar-refractivity contribution in [3.8, 4) is 0 Å². The summed E-state index contributed by atoms with van der Waals surface area (Å²) < 4.78 is 39.4. The number of benzene rings is 1. The highest BCUT2D eigenvalue weighted by molar-refractivity contribution is 7.89. The fraction of sp³-hybridized carbons (Fsp3) is 0.417. The predicted molar refractivity (Wildman–Crippen MR) is 72.7 cm³/mol. The molecule has 0 saturated carbocycles. The number of sulfonamides is 1. The van der Waals surface area contributed by atoms with E-state index < -0.39 is 27.3 Å². The average molecular weight is 324 g/mol. The van der Waals surface area contributed by atoms with Gasteiger partial charge in [-0.25, -0.2) is 12.8 Å². The van der Waals surface area contributed by atoms with Crippen LogP contribution in [0.25, 0.3) is 0 Å². The summed E-state index contributed by atoms with van der Waals surface area (Å²) in [5.74, 6) is -1.97. The topological polar surface area (TPSA) is 83.5 Å². The highest BCUT2D eigenvalue weighted by Gasteiger charge is 2.37. The Morgan fingerprint density at radius 1 is 1.50 bits per heavy atom. The second-order valence-corrected chi connectivity index (χ2v) is 6.63. The standard InChI is InChI=1S/C12H15ClFNO4S/c1-3-6-12(2,11(16)17)15-20(18,19)10-5-4-8(14)7-9(10)13/h4-5,7,15H,3,6H2,1-2H3,(H,16,17). The third kappa shape index (κ3) is 3.68. The van der Waals surface area contributed by atoms with E-state index in [0.717, 1.165) is 18.2 Å². The molecule has 0 radical (unpaired) electrons. The van der Waals surface area contributed by atoms with Gasteiger partial charge in [0, 0.05) is 0 Å². The fourth-order valence-corrected chi connectivity index (χ4v) is 3.67. The first-order valence-electron chi connectivity index (χ1n) is 5.85. The number of hydrogen-bond acceptors (Lipinski definition) is 3. The minimum absolute atomic E-state index is 0.111. The molecule has 5 nitrogen and oxygen atoms in total. The molecule has 0 heterocycles. The lowest BCUT2D eigenvalue weighted by atomic mass is 9.98. The third-order valence-corrected chi connectivity index (χ3v) is 4.84. The van der Waals surface area contributed by atoms with Crippen LogP contribution in [0.15, 0.2) is 23.1 Å². The SMILES string of the molecule is CCCC(C)(NS(=O)(=O)c1ccc(F)cc1Cl)C(=O)O.